The molecule has 0 heterocycles. The van der Waals surface area contributed by atoms with Gasteiger partial charge in [-0.15, -0.1) is 0 Å². The van der Waals surface area contributed by atoms with Crippen molar-refractivity contribution in [2.24, 2.45) is 0 Å². The molecule has 2 aromatic carbocycles. The first kappa shape index (κ1) is 31.3. The van der Waals surface area contributed by atoms with Crippen molar-refractivity contribution in [2.75, 3.05) is 11.9 Å². The number of amides is 1. The SMILES string of the molecule is CCCCCCCCCCCCCCOc1ccc(C(C)(C)C)cc1NC(=O)c1cccc(F)c1C(=O)O. The summed E-state index contributed by atoms with van der Waals surface area (Å²) in [4.78, 5) is 24.6. The molecule has 2 N–H and O–H groups in total. The van der Waals surface area contributed by atoms with Gasteiger partial charge in [-0.05, 0) is 41.7 Å². The van der Waals surface area contributed by atoms with Gasteiger partial charge in [0.05, 0.1) is 17.9 Å². The molecule has 0 atom stereocenters. The quantitative estimate of drug-likeness (QED) is 0.201. The van der Waals surface area contributed by atoms with E-state index < -0.39 is 23.3 Å². The summed E-state index contributed by atoms with van der Waals surface area (Å²) in [7, 11) is 0. The van der Waals surface area contributed by atoms with E-state index in [0.717, 1.165) is 24.5 Å². The highest BCUT2D eigenvalue weighted by molar-refractivity contribution is 6.11. The van der Waals surface area contributed by atoms with E-state index in [1.54, 1.807) is 0 Å². The maximum atomic E-state index is 14.1. The fraction of sp³-hybridized carbons (Fsp3) is 0.562. The predicted molar refractivity (Wildman–Crippen MR) is 153 cm³/mol. The Morgan fingerprint density at radius 1 is 0.868 bits per heavy atom. The van der Waals surface area contributed by atoms with Crippen molar-refractivity contribution in [3.8, 4) is 5.75 Å². The number of rotatable bonds is 17. The molecule has 210 valence electrons. The summed E-state index contributed by atoms with van der Waals surface area (Å²) in [5.41, 5.74) is 0.394. The van der Waals surface area contributed by atoms with E-state index in [0.29, 0.717) is 18.0 Å². The summed E-state index contributed by atoms with van der Waals surface area (Å²) in [5, 5.41) is 12.2. The molecule has 5 nitrogen and oxygen atoms in total. The van der Waals surface area contributed by atoms with Crippen LogP contribution in [0.15, 0.2) is 36.4 Å². The number of nitrogens with one attached hydrogen (secondary N) is 1. The molecule has 0 unspecified atom stereocenters. The van der Waals surface area contributed by atoms with Crippen LogP contribution in [0.4, 0.5) is 10.1 Å². The zero-order chi connectivity index (χ0) is 28.0. The Labute approximate surface area is 228 Å². The zero-order valence-corrected chi connectivity index (χ0v) is 23.7. The van der Waals surface area contributed by atoms with Crippen LogP contribution in [-0.2, 0) is 5.41 Å². The summed E-state index contributed by atoms with van der Waals surface area (Å²) < 4.78 is 20.2. The Bertz CT molecular complexity index is 1030. The molecule has 0 saturated carbocycles. The summed E-state index contributed by atoms with van der Waals surface area (Å²) >= 11 is 0. The molecule has 0 fully saturated rings. The summed E-state index contributed by atoms with van der Waals surface area (Å²) in [6.45, 7) is 8.97. The van der Waals surface area contributed by atoms with Gasteiger partial charge in [0.1, 0.15) is 17.1 Å². The van der Waals surface area contributed by atoms with Gasteiger partial charge in [0.25, 0.3) is 5.91 Å². The van der Waals surface area contributed by atoms with Crippen LogP contribution in [0.25, 0.3) is 0 Å². The maximum absolute atomic E-state index is 14.1. The van der Waals surface area contributed by atoms with Crippen LogP contribution in [0.2, 0.25) is 0 Å². The van der Waals surface area contributed by atoms with E-state index >= 15 is 0 Å². The van der Waals surface area contributed by atoms with Crippen LogP contribution < -0.4 is 10.1 Å². The fourth-order valence-electron chi connectivity index (χ4n) is 4.47. The highest BCUT2D eigenvalue weighted by atomic mass is 19.1. The third kappa shape index (κ3) is 10.5. The lowest BCUT2D eigenvalue weighted by Crippen LogP contribution is -2.19. The normalized spacial score (nSPS) is 11.4. The third-order valence-corrected chi connectivity index (χ3v) is 6.82. The Balaban J connectivity index is 1.90. The molecule has 2 aromatic rings. The number of carbonyl (C=O) groups excluding carboxylic acids is 1. The average molecular weight is 528 g/mol. The Morgan fingerprint density at radius 3 is 2.00 bits per heavy atom. The number of benzene rings is 2. The molecular weight excluding hydrogens is 481 g/mol. The van der Waals surface area contributed by atoms with Gasteiger partial charge in [-0.3, -0.25) is 4.79 Å². The van der Waals surface area contributed by atoms with E-state index in [9.17, 15) is 19.1 Å². The van der Waals surface area contributed by atoms with Crippen LogP contribution in [0, 0.1) is 5.82 Å². The van der Waals surface area contributed by atoms with Gasteiger partial charge in [0.15, 0.2) is 0 Å². The number of hydrogen-bond donors (Lipinski definition) is 2. The third-order valence-electron chi connectivity index (χ3n) is 6.82. The van der Waals surface area contributed by atoms with E-state index in [1.807, 2.05) is 18.2 Å². The molecule has 0 aliphatic heterocycles. The number of carboxylic acids is 1. The molecule has 0 spiro atoms. The lowest BCUT2D eigenvalue weighted by atomic mass is 9.87. The van der Waals surface area contributed by atoms with E-state index in [2.05, 4.69) is 33.0 Å². The molecule has 0 radical (unpaired) electrons. The van der Waals surface area contributed by atoms with Gasteiger partial charge < -0.3 is 15.2 Å². The highest BCUT2D eigenvalue weighted by Crippen LogP contribution is 2.32. The molecular formula is C32H46FNO4. The molecule has 2 rings (SSSR count). The first-order valence-corrected chi connectivity index (χ1v) is 14.3. The van der Waals surface area contributed by atoms with Crippen molar-refractivity contribution in [1.82, 2.24) is 0 Å². The van der Waals surface area contributed by atoms with Gasteiger partial charge in [-0.2, -0.15) is 0 Å². The number of anilines is 1. The van der Waals surface area contributed by atoms with Crippen LogP contribution >= 0.6 is 0 Å². The van der Waals surface area contributed by atoms with Gasteiger partial charge in [0.2, 0.25) is 0 Å². The number of ether oxygens (including phenoxy) is 1. The number of aromatic carboxylic acids is 1. The fourth-order valence-corrected chi connectivity index (χ4v) is 4.47. The summed E-state index contributed by atoms with van der Waals surface area (Å²) in [6, 6.07) is 9.31. The summed E-state index contributed by atoms with van der Waals surface area (Å²) in [6.07, 6.45) is 15.1. The second-order valence-corrected chi connectivity index (χ2v) is 11.1. The van der Waals surface area contributed by atoms with Crippen LogP contribution in [-0.4, -0.2) is 23.6 Å². The Morgan fingerprint density at radius 2 is 1.45 bits per heavy atom. The van der Waals surface area contributed by atoms with Crippen molar-refractivity contribution < 1.29 is 23.8 Å². The van der Waals surface area contributed by atoms with Crippen molar-refractivity contribution in [3.63, 3.8) is 0 Å². The molecule has 6 heteroatoms. The Hall–Kier alpha value is -2.89. The second kappa shape index (κ2) is 16.2. The van der Waals surface area contributed by atoms with Crippen molar-refractivity contribution in [1.29, 1.82) is 0 Å². The molecule has 0 bridgehead atoms. The molecule has 0 aliphatic rings. The maximum Gasteiger partial charge on any atom is 0.339 e. The average Bonchev–Trinajstić information content (AvgIpc) is 2.86. The minimum atomic E-state index is -1.49. The second-order valence-electron chi connectivity index (χ2n) is 11.1. The van der Waals surface area contributed by atoms with Crippen LogP contribution in [0.1, 0.15) is 131 Å². The number of halogens is 1. The molecule has 38 heavy (non-hydrogen) atoms. The topological polar surface area (TPSA) is 75.6 Å². The smallest absolute Gasteiger partial charge is 0.339 e. The summed E-state index contributed by atoms with van der Waals surface area (Å²) in [5.74, 6) is -2.61. The van der Waals surface area contributed by atoms with E-state index in [1.165, 1.54) is 76.3 Å². The lowest BCUT2D eigenvalue weighted by molar-refractivity contribution is 0.0687. The minimum Gasteiger partial charge on any atom is -0.491 e. The Kier molecular flexibility index (Phi) is 13.3. The van der Waals surface area contributed by atoms with Crippen molar-refractivity contribution >= 4 is 17.6 Å². The number of carbonyl (C=O) groups is 2. The first-order chi connectivity index (χ1) is 18.1. The minimum absolute atomic E-state index is 0.168. The first-order valence-electron chi connectivity index (χ1n) is 14.3. The molecule has 0 saturated heterocycles. The van der Waals surface area contributed by atoms with Crippen LogP contribution in [0.3, 0.4) is 0 Å². The standard InChI is InChI=1S/C32H46FNO4/c1-5-6-7-8-9-10-11-12-13-14-15-16-22-38-28-21-20-24(32(2,3)4)23-27(28)34-30(35)25-18-17-19-26(33)29(25)31(36)37/h17-21,23H,5-16,22H2,1-4H3,(H,34,35)(H,36,37). The van der Waals surface area contributed by atoms with Crippen molar-refractivity contribution in [3.05, 3.63) is 58.9 Å². The number of hydrogen-bond acceptors (Lipinski definition) is 3. The monoisotopic (exact) mass is 527 g/mol. The van der Waals surface area contributed by atoms with Crippen molar-refractivity contribution in [2.45, 2.75) is 110 Å². The van der Waals surface area contributed by atoms with Gasteiger partial charge in [-0.25, -0.2) is 9.18 Å². The van der Waals surface area contributed by atoms with Gasteiger partial charge in [0, 0.05) is 0 Å². The molecule has 0 aliphatic carbocycles. The highest BCUT2D eigenvalue weighted by Gasteiger charge is 2.23. The van der Waals surface area contributed by atoms with Gasteiger partial charge >= 0.3 is 5.97 Å². The number of unbranched alkanes of at least 4 members (excludes halogenated alkanes) is 11. The van der Waals surface area contributed by atoms with E-state index in [4.69, 9.17) is 4.74 Å². The van der Waals surface area contributed by atoms with Crippen LogP contribution in [0.5, 0.6) is 5.75 Å². The predicted octanol–water partition coefficient (Wildman–Crippen LogP) is 9.15. The number of carboxylic acid groups (broad SMARTS) is 1. The zero-order valence-electron chi connectivity index (χ0n) is 23.7. The largest absolute Gasteiger partial charge is 0.491 e. The van der Waals surface area contributed by atoms with E-state index in [-0.39, 0.29) is 11.0 Å². The van der Waals surface area contributed by atoms with Gasteiger partial charge in [-0.1, -0.05) is 110 Å². The molecule has 1 amide bonds. The lowest BCUT2D eigenvalue weighted by Gasteiger charge is -2.22. The molecule has 0 aromatic heterocycles.